The van der Waals surface area contributed by atoms with Crippen LogP contribution in [0.3, 0.4) is 0 Å². The second-order valence-corrected chi connectivity index (χ2v) is 5.46. The van der Waals surface area contributed by atoms with Crippen molar-refractivity contribution in [3.8, 4) is 0 Å². The second kappa shape index (κ2) is 5.59. The van der Waals surface area contributed by atoms with Crippen molar-refractivity contribution in [2.75, 3.05) is 0 Å². The van der Waals surface area contributed by atoms with Crippen LogP contribution >= 0.6 is 22.9 Å². The minimum Gasteiger partial charge on any atom is -0.299 e. The van der Waals surface area contributed by atoms with Gasteiger partial charge in [-0.3, -0.25) is 4.79 Å². The van der Waals surface area contributed by atoms with Crippen molar-refractivity contribution in [2.45, 2.75) is 19.8 Å². The van der Waals surface area contributed by atoms with Crippen LogP contribution in [0.1, 0.15) is 16.3 Å². The lowest BCUT2D eigenvalue weighted by atomic mass is 10.1. The van der Waals surface area contributed by atoms with Crippen LogP contribution in [-0.4, -0.2) is 10.8 Å². The van der Waals surface area contributed by atoms with Gasteiger partial charge in [0.2, 0.25) is 0 Å². The maximum Gasteiger partial charge on any atom is 0.143 e. The molecule has 0 amide bonds. The Labute approximate surface area is 113 Å². The van der Waals surface area contributed by atoms with Gasteiger partial charge in [-0.05, 0) is 24.6 Å². The van der Waals surface area contributed by atoms with Crippen molar-refractivity contribution < 1.29 is 9.18 Å². The molecule has 1 aromatic heterocycles. The highest BCUT2D eigenvalue weighted by Gasteiger charge is 2.10. The van der Waals surface area contributed by atoms with Crippen LogP contribution in [0.2, 0.25) is 5.02 Å². The minimum atomic E-state index is -0.397. The van der Waals surface area contributed by atoms with Crippen LogP contribution in [0.15, 0.2) is 23.6 Å². The number of ketones is 1. The van der Waals surface area contributed by atoms with Gasteiger partial charge in [0.05, 0.1) is 10.7 Å². The number of thiazole rings is 1. The van der Waals surface area contributed by atoms with Gasteiger partial charge in [-0.15, -0.1) is 11.3 Å². The fourth-order valence-electron chi connectivity index (χ4n) is 1.63. The quantitative estimate of drug-likeness (QED) is 0.858. The summed E-state index contributed by atoms with van der Waals surface area (Å²) in [5, 5.41) is 3.11. The zero-order valence-corrected chi connectivity index (χ0v) is 11.3. The van der Waals surface area contributed by atoms with E-state index in [1.807, 2.05) is 12.3 Å². The van der Waals surface area contributed by atoms with E-state index in [9.17, 15) is 9.18 Å². The third-order valence-corrected chi connectivity index (χ3v) is 3.62. The third-order valence-electron chi connectivity index (χ3n) is 2.45. The van der Waals surface area contributed by atoms with Gasteiger partial charge in [0.1, 0.15) is 11.6 Å². The first kappa shape index (κ1) is 13.2. The molecular formula is C13H11ClFNOS. The summed E-state index contributed by atoms with van der Waals surface area (Å²) in [5.74, 6) is -0.375. The minimum absolute atomic E-state index is 0.0220. The highest BCUT2D eigenvalue weighted by atomic mass is 35.5. The zero-order chi connectivity index (χ0) is 13.1. The van der Waals surface area contributed by atoms with Crippen LogP contribution in [0.5, 0.6) is 0 Å². The molecule has 0 atom stereocenters. The molecule has 2 aromatic rings. The number of hydrogen-bond donors (Lipinski definition) is 0. The first-order chi connectivity index (χ1) is 8.54. The van der Waals surface area contributed by atoms with Crippen molar-refractivity contribution in [1.82, 2.24) is 4.98 Å². The van der Waals surface area contributed by atoms with Gasteiger partial charge in [0.15, 0.2) is 0 Å². The van der Waals surface area contributed by atoms with Crippen molar-refractivity contribution in [2.24, 2.45) is 0 Å². The van der Waals surface area contributed by atoms with E-state index in [2.05, 4.69) is 4.98 Å². The molecule has 0 radical (unpaired) electrons. The van der Waals surface area contributed by atoms with E-state index >= 15 is 0 Å². The molecule has 5 heteroatoms. The fourth-order valence-corrected chi connectivity index (χ4v) is 2.48. The molecule has 0 spiro atoms. The Morgan fingerprint density at radius 3 is 2.83 bits per heavy atom. The van der Waals surface area contributed by atoms with Gasteiger partial charge in [-0.25, -0.2) is 9.37 Å². The fraction of sp³-hybridized carbons (Fsp3) is 0.231. The molecule has 0 fully saturated rings. The zero-order valence-electron chi connectivity index (χ0n) is 9.74. The smallest absolute Gasteiger partial charge is 0.143 e. The van der Waals surface area contributed by atoms with E-state index in [-0.39, 0.29) is 23.6 Å². The number of aromatic nitrogens is 1. The summed E-state index contributed by atoms with van der Waals surface area (Å²) in [5.41, 5.74) is 1.43. The SMILES string of the molecule is Cc1nc(CC(=O)Cc2ccc(F)cc2Cl)cs1. The number of benzene rings is 1. The molecule has 18 heavy (non-hydrogen) atoms. The average molecular weight is 284 g/mol. The van der Waals surface area contributed by atoms with Gasteiger partial charge in [0.25, 0.3) is 0 Å². The maximum atomic E-state index is 12.9. The number of hydrogen-bond acceptors (Lipinski definition) is 3. The lowest BCUT2D eigenvalue weighted by molar-refractivity contribution is -0.117. The predicted octanol–water partition coefficient (Wildman–Crippen LogP) is 3.60. The molecule has 0 N–H and O–H groups in total. The normalized spacial score (nSPS) is 10.6. The Bertz CT molecular complexity index is 582. The topological polar surface area (TPSA) is 30.0 Å². The van der Waals surface area contributed by atoms with Crippen LogP contribution < -0.4 is 0 Å². The number of carbonyl (C=O) groups excluding carboxylic acids is 1. The van der Waals surface area contributed by atoms with Gasteiger partial charge >= 0.3 is 0 Å². The number of halogens is 2. The molecule has 0 aliphatic carbocycles. The summed E-state index contributed by atoms with van der Waals surface area (Å²) in [4.78, 5) is 16.1. The molecule has 0 aliphatic heterocycles. The van der Waals surface area contributed by atoms with Crippen LogP contribution in [0, 0.1) is 12.7 Å². The summed E-state index contributed by atoms with van der Waals surface area (Å²) in [6.07, 6.45) is 0.494. The van der Waals surface area contributed by atoms with Crippen LogP contribution in [-0.2, 0) is 17.6 Å². The molecule has 1 heterocycles. The molecule has 0 saturated heterocycles. The standard InChI is InChI=1S/C13H11ClFNOS/c1-8-16-11(7-18-8)6-12(17)4-9-2-3-10(15)5-13(9)14/h2-3,5,7H,4,6H2,1H3. The monoisotopic (exact) mass is 283 g/mol. The van der Waals surface area contributed by atoms with Crippen molar-refractivity contribution in [1.29, 1.82) is 0 Å². The Morgan fingerprint density at radius 1 is 1.44 bits per heavy atom. The summed E-state index contributed by atoms with van der Waals surface area (Å²) >= 11 is 7.39. The van der Waals surface area contributed by atoms with Crippen molar-refractivity contribution in [3.63, 3.8) is 0 Å². The van der Waals surface area contributed by atoms with E-state index < -0.39 is 5.82 Å². The van der Waals surface area contributed by atoms with E-state index in [0.717, 1.165) is 10.7 Å². The average Bonchev–Trinajstić information content (AvgIpc) is 2.68. The summed E-state index contributed by atoms with van der Waals surface area (Å²) in [6.45, 7) is 1.90. The summed E-state index contributed by atoms with van der Waals surface area (Å²) < 4.78 is 12.9. The highest BCUT2D eigenvalue weighted by Crippen LogP contribution is 2.18. The number of rotatable bonds is 4. The lowest BCUT2D eigenvalue weighted by Crippen LogP contribution is -2.07. The van der Waals surface area contributed by atoms with Gasteiger partial charge in [-0.2, -0.15) is 0 Å². The van der Waals surface area contributed by atoms with Crippen molar-refractivity contribution >= 4 is 28.7 Å². The van der Waals surface area contributed by atoms with E-state index in [0.29, 0.717) is 5.56 Å². The number of nitrogens with zero attached hydrogens (tertiary/aromatic N) is 1. The van der Waals surface area contributed by atoms with Crippen molar-refractivity contribution in [3.05, 3.63) is 50.7 Å². The van der Waals surface area contributed by atoms with E-state index in [1.54, 1.807) is 6.07 Å². The predicted molar refractivity (Wildman–Crippen MR) is 70.7 cm³/mol. The van der Waals surface area contributed by atoms with E-state index in [1.165, 1.54) is 23.5 Å². The molecule has 0 unspecified atom stereocenters. The number of Topliss-reactive ketones (excluding diaryl/α,β-unsaturated/α-hetero) is 1. The largest absolute Gasteiger partial charge is 0.299 e. The maximum absolute atomic E-state index is 12.9. The molecule has 2 rings (SSSR count). The van der Waals surface area contributed by atoms with Gasteiger partial charge in [-0.1, -0.05) is 17.7 Å². The third kappa shape index (κ3) is 3.37. The molecule has 0 saturated carbocycles. The molecule has 2 nitrogen and oxygen atoms in total. The van der Waals surface area contributed by atoms with Gasteiger partial charge in [0, 0.05) is 23.2 Å². The summed E-state index contributed by atoms with van der Waals surface area (Å²) in [7, 11) is 0. The van der Waals surface area contributed by atoms with Gasteiger partial charge < -0.3 is 0 Å². The summed E-state index contributed by atoms with van der Waals surface area (Å²) in [6, 6.07) is 4.07. The number of aryl methyl sites for hydroxylation is 1. The Balaban J connectivity index is 2.03. The lowest BCUT2D eigenvalue weighted by Gasteiger charge is -2.03. The molecular weight excluding hydrogens is 273 g/mol. The van der Waals surface area contributed by atoms with E-state index in [4.69, 9.17) is 11.6 Å². The highest BCUT2D eigenvalue weighted by molar-refractivity contribution is 7.09. The first-order valence-electron chi connectivity index (χ1n) is 5.41. The second-order valence-electron chi connectivity index (χ2n) is 3.99. The first-order valence-corrected chi connectivity index (χ1v) is 6.67. The Kier molecular flexibility index (Phi) is 4.09. The van der Waals surface area contributed by atoms with Crippen LogP contribution in [0.25, 0.3) is 0 Å². The Morgan fingerprint density at radius 2 is 2.22 bits per heavy atom. The molecule has 1 aromatic carbocycles. The molecule has 94 valence electrons. The molecule has 0 bridgehead atoms. The molecule has 0 aliphatic rings. The number of carbonyl (C=O) groups is 1. The van der Waals surface area contributed by atoms with Crippen LogP contribution in [0.4, 0.5) is 4.39 Å². The Hall–Kier alpha value is -1.26.